The summed E-state index contributed by atoms with van der Waals surface area (Å²) in [4.78, 5) is 0. The highest BCUT2D eigenvalue weighted by Gasteiger charge is 2.27. The highest BCUT2D eigenvalue weighted by atomic mass is 28.3. The molecule has 0 amide bonds. The Labute approximate surface area is 175 Å². The van der Waals surface area contributed by atoms with Crippen LogP contribution >= 0.6 is 0 Å². The van der Waals surface area contributed by atoms with Gasteiger partial charge in [0, 0.05) is 11.4 Å². The molecule has 2 atom stereocenters. The van der Waals surface area contributed by atoms with Crippen molar-refractivity contribution < 1.29 is 0 Å². The quantitative estimate of drug-likeness (QED) is 0.479. The van der Waals surface area contributed by atoms with Crippen molar-refractivity contribution in [1.82, 2.24) is 0 Å². The van der Waals surface area contributed by atoms with Crippen molar-refractivity contribution in [2.45, 2.75) is 13.1 Å². The lowest BCUT2D eigenvalue weighted by atomic mass is 10.00. The fourth-order valence-electron chi connectivity index (χ4n) is 5.15. The van der Waals surface area contributed by atoms with E-state index in [0.29, 0.717) is 0 Å². The van der Waals surface area contributed by atoms with E-state index in [1.165, 1.54) is 44.0 Å². The van der Waals surface area contributed by atoms with Crippen LogP contribution in [0.5, 0.6) is 0 Å². The SMILES string of the molecule is C[Si@@H]1c2ccccc2Nc2ccc(-c3ccc4c(c3)[Si@@H](C)c3ccccc3-4)cc21. The Kier molecular flexibility index (Phi) is 3.70. The summed E-state index contributed by atoms with van der Waals surface area (Å²) in [5, 5.41) is 9.87. The minimum atomic E-state index is -1.17. The second kappa shape index (κ2) is 6.31. The number of anilines is 2. The molecule has 2 aliphatic heterocycles. The lowest BCUT2D eigenvalue weighted by Crippen LogP contribution is -2.45. The third-order valence-electron chi connectivity index (χ3n) is 6.78. The van der Waals surface area contributed by atoms with E-state index in [4.69, 9.17) is 0 Å². The van der Waals surface area contributed by atoms with Crippen LogP contribution in [0.25, 0.3) is 22.3 Å². The topological polar surface area (TPSA) is 12.0 Å². The first-order valence-corrected chi connectivity index (χ1v) is 15.1. The van der Waals surface area contributed by atoms with E-state index in [2.05, 4.69) is 103 Å². The van der Waals surface area contributed by atoms with Crippen molar-refractivity contribution in [3.8, 4) is 22.3 Å². The van der Waals surface area contributed by atoms with Crippen LogP contribution < -0.4 is 26.1 Å². The molecule has 6 rings (SSSR count). The normalized spacial score (nSPS) is 18.3. The maximum Gasteiger partial charge on any atom is 0.105 e. The zero-order valence-corrected chi connectivity index (χ0v) is 19.0. The molecule has 0 bridgehead atoms. The van der Waals surface area contributed by atoms with Gasteiger partial charge in [0.1, 0.15) is 17.6 Å². The van der Waals surface area contributed by atoms with Gasteiger partial charge >= 0.3 is 0 Å². The Morgan fingerprint density at radius 3 is 1.97 bits per heavy atom. The third kappa shape index (κ3) is 2.51. The molecule has 4 aromatic carbocycles. The summed E-state index contributed by atoms with van der Waals surface area (Å²) in [6.07, 6.45) is 0. The molecule has 0 saturated heterocycles. The molecule has 2 heterocycles. The van der Waals surface area contributed by atoms with Gasteiger partial charge in [-0.2, -0.15) is 0 Å². The largest absolute Gasteiger partial charge is 0.356 e. The summed E-state index contributed by atoms with van der Waals surface area (Å²) in [5.74, 6) is 0. The molecule has 0 aromatic heterocycles. The van der Waals surface area contributed by atoms with Crippen LogP contribution in [-0.2, 0) is 0 Å². The minimum Gasteiger partial charge on any atom is -0.356 e. The molecule has 0 spiro atoms. The van der Waals surface area contributed by atoms with Crippen molar-refractivity contribution in [1.29, 1.82) is 0 Å². The zero-order chi connectivity index (χ0) is 19.5. The molecule has 0 fully saturated rings. The van der Waals surface area contributed by atoms with Crippen LogP contribution in [0.1, 0.15) is 0 Å². The number of para-hydroxylation sites is 1. The van der Waals surface area contributed by atoms with Crippen molar-refractivity contribution in [2.24, 2.45) is 0 Å². The number of benzene rings is 4. The van der Waals surface area contributed by atoms with Gasteiger partial charge in [0.15, 0.2) is 0 Å². The summed E-state index contributed by atoms with van der Waals surface area (Å²) in [5.41, 5.74) is 8.22. The number of hydrogen-bond acceptors (Lipinski definition) is 1. The summed E-state index contributed by atoms with van der Waals surface area (Å²) in [6, 6.07) is 32.0. The van der Waals surface area contributed by atoms with Crippen molar-refractivity contribution in [3.05, 3.63) is 84.9 Å². The number of fused-ring (bicyclic) bond motifs is 5. The van der Waals surface area contributed by atoms with Gasteiger partial charge in [-0.3, -0.25) is 0 Å². The van der Waals surface area contributed by atoms with Gasteiger partial charge < -0.3 is 5.32 Å². The predicted octanol–water partition coefficient (Wildman–Crippen LogP) is 3.33. The molecule has 140 valence electrons. The second-order valence-electron chi connectivity index (χ2n) is 8.35. The van der Waals surface area contributed by atoms with Crippen LogP contribution in [0.3, 0.4) is 0 Å². The van der Waals surface area contributed by atoms with E-state index in [1.54, 1.807) is 10.4 Å². The Bertz CT molecular complexity index is 1280. The molecule has 0 aliphatic carbocycles. The first kappa shape index (κ1) is 17.0. The van der Waals surface area contributed by atoms with Crippen LogP contribution in [0.4, 0.5) is 11.4 Å². The molecule has 0 saturated carbocycles. The summed E-state index contributed by atoms with van der Waals surface area (Å²) in [6.45, 7) is 4.92. The maximum absolute atomic E-state index is 3.65. The average Bonchev–Trinajstić information content (AvgIpc) is 3.06. The molecule has 1 N–H and O–H groups in total. The number of nitrogens with one attached hydrogen (secondary N) is 1. The van der Waals surface area contributed by atoms with Crippen molar-refractivity contribution in [3.63, 3.8) is 0 Å². The minimum absolute atomic E-state index is 1.08. The van der Waals surface area contributed by atoms with E-state index in [-0.39, 0.29) is 0 Å². The van der Waals surface area contributed by atoms with Gasteiger partial charge in [0.25, 0.3) is 0 Å². The summed E-state index contributed by atoms with van der Waals surface area (Å²) >= 11 is 0. The molecule has 0 unspecified atom stereocenters. The summed E-state index contributed by atoms with van der Waals surface area (Å²) in [7, 11) is -2.26. The van der Waals surface area contributed by atoms with Gasteiger partial charge in [-0.25, -0.2) is 0 Å². The standard InChI is InChI=1S/C26H23NSi2/c1-28-23-9-5-3-7-19(23)20-13-11-17(15-25(20)28)18-12-14-22-26(16-18)29(2)24-10-6-4-8-21(24)27-22/h3-16,27-29H,1-2H3/t28-,29+/m0/s1. The Morgan fingerprint density at radius 1 is 0.517 bits per heavy atom. The van der Waals surface area contributed by atoms with Crippen LogP contribution in [0, 0.1) is 0 Å². The van der Waals surface area contributed by atoms with E-state index >= 15 is 0 Å². The molecule has 2 aliphatic rings. The molecule has 3 heteroatoms. The van der Waals surface area contributed by atoms with Crippen LogP contribution in [0.15, 0.2) is 84.9 Å². The summed E-state index contributed by atoms with van der Waals surface area (Å²) < 4.78 is 0. The van der Waals surface area contributed by atoms with E-state index in [1.807, 2.05) is 0 Å². The highest BCUT2D eigenvalue weighted by molar-refractivity contribution is 6.88. The van der Waals surface area contributed by atoms with Crippen LogP contribution in [0.2, 0.25) is 13.1 Å². The van der Waals surface area contributed by atoms with Gasteiger partial charge in [-0.05, 0) is 49.9 Å². The first-order valence-electron chi connectivity index (χ1n) is 10.4. The highest BCUT2D eigenvalue weighted by Crippen LogP contribution is 2.29. The predicted molar refractivity (Wildman–Crippen MR) is 132 cm³/mol. The third-order valence-corrected chi connectivity index (χ3v) is 12.5. The lowest BCUT2D eigenvalue weighted by molar-refractivity contribution is 1.55. The Morgan fingerprint density at radius 2 is 1.10 bits per heavy atom. The van der Waals surface area contributed by atoms with Gasteiger partial charge in [0.2, 0.25) is 0 Å². The lowest BCUT2D eigenvalue weighted by Gasteiger charge is -2.27. The fraction of sp³-hybridized carbons (Fsp3) is 0.0769. The van der Waals surface area contributed by atoms with Gasteiger partial charge in [-0.1, -0.05) is 91.1 Å². The van der Waals surface area contributed by atoms with E-state index in [0.717, 1.165) is 0 Å². The number of rotatable bonds is 1. The molecule has 4 aromatic rings. The van der Waals surface area contributed by atoms with Crippen LogP contribution in [-0.4, -0.2) is 17.6 Å². The first-order chi connectivity index (χ1) is 14.2. The molecule has 1 nitrogen and oxygen atoms in total. The Hall–Kier alpha value is -2.89. The van der Waals surface area contributed by atoms with Gasteiger partial charge in [0.05, 0.1) is 0 Å². The zero-order valence-electron chi connectivity index (χ0n) is 16.7. The molecular weight excluding hydrogens is 382 g/mol. The van der Waals surface area contributed by atoms with Crippen molar-refractivity contribution in [2.75, 3.05) is 5.32 Å². The molecular formula is C26H23NSi2. The van der Waals surface area contributed by atoms with E-state index < -0.39 is 17.6 Å². The van der Waals surface area contributed by atoms with E-state index in [9.17, 15) is 0 Å². The fourth-order valence-corrected chi connectivity index (χ4v) is 10.2. The second-order valence-corrected chi connectivity index (χ2v) is 13.7. The molecule has 29 heavy (non-hydrogen) atoms. The Balaban J connectivity index is 1.43. The van der Waals surface area contributed by atoms with Gasteiger partial charge in [-0.15, -0.1) is 0 Å². The van der Waals surface area contributed by atoms with Crippen molar-refractivity contribution >= 4 is 49.7 Å². The maximum atomic E-state index is 3.65. The smallest absolute Gasteiger partial charge is 0.105 e. The number of hydrogen-bond donors (Lipinski definition) is 1. The molecule has 0 radical (unpaired) electrons. The monoisotopic (exact) mass is 405 g/mol. The average molecular weight is 406 g/mol.